The quantitative estimate of drug-likeness (QED) is 0.167. The van der Waals surface area contributed by atoms with Gasteiger partial charge in [0, 0.05) is 21.9 Å². The molecule has 8 rings (SSSR count). The van der Waals surface area contributed by atoms with Crippen LogP contribution in [0.4, 0.5) is 0 Å². The Morgan fingerprint density at radius 3 is 1.73 bits per heavy atom. The molecule has 0 aliphatic carbocycles. The number of benzene rings is 6. The van der Waals surface area contributed by atoms with Crippen LogP contribution in [-0.4, -0.2) is 4.98 Å². The second kappa shape index (κ2) is 12.5. The van der Waals surface area contributed by atoms with Gasteiger partial charge in [-0.25, -0.2) is 4.98 Å². The number of nitrogens with zero attached hydrogens (tertiary/aromatic N) is 1. The SMILES string of the molecule is C=C/C=C\c1cc(-c2ccc(-c3cc(-c4ccccc4)nc(-c4ccc(-c5ccccc5)cc4)c3)cc2)c2c(oc3ccccc32)c1C. The lowest BCUT2D eigenvalue weighted by atomic mass is 9.92. The Kier molecular flexibility index (Phi) is 7.60. The van der Waals surface area contributed by atoms with Crippen LogP contribution in [0.1, 0.15) is 11.1 Å². The number of allylic oxidation sites excluding steroid dienone is 2. The Morgan fingerprint density at radius 1 is 0.542 bits per heavy atom. The van der Waals surface area contributed by atoms with Gasteiger partial charge in [0.25, 0.3) is 0 Å². The number of para-hydroxylation sites is 1. The van der Waals surface area contributed by atoms with E-state index in [9.17, 15) is 0 Å². The number of hydrogen-bond acceptors (Lipinski definition) is 2. The molecular weight excluding hydrogens is 583 g/mol. The first kappa shape index (κ1) is 29.2. The normalized spacial score (nSPS) is 11.4. The molecule has 0 aliphatic rings. The molecule has 6 aromatic carbocycles. The van der Waals surface area contributed by atoms with Crippen molar-refractivity contribution in [1.82, 2.24) is 4.98 Å². The van der Waals surface area contributed by atoms with Crippen molar-refractivity contribution in [3.8, 4) is 55.9 Å². The van der Waals surface area contributed by atoms with Gasteiger partial charge in [0.05, 0.1) is 11.4 Å². The standard InChI is InChI=1S/C46H33NO/c1-3-4-13-38-28-41(45-40-18-11-12-19-44(40)48-46(45)31(38)2)35-24-20-34(21-25-35)39-29-42(36-16-9-6-10-17-36)47-43(30-39)37-26-22-33(23-27-37)32-14-7-5-8-15-32/h3-30H,1H2,2H3/b13-4-. The fraction of sp³-hybridized carbons (Fsp3) is 0.0217. The number of fused-ring (bicyclic) bond motifs is 3. The Balaban J connectivity index is 1.23. The number of aryl methyl sites for hydroxylation is 1. The summed E-state index contributed by atoms with van der Waals surface area (Å²) < 4.78 is 6.44. The van der Waals surface area contributed by atoms with Crippen LogP contribution in [0.25, 0.3) is 83.9 Å². The summed E-state index contributed by atoms with van der Waals surface area (Å²) in [7, 11) is 0. The summed E-state index contributed by atoms with van der Waals surface area (Å²) in [6.07, 6.45) is 5.88. The van der Waals surface area contributed by atoms with Crippen LogP contribution in [0.15, 0.2) is 175 Å². The number of hydrogen-bond donors (Lipinski definition) is 0. The summed E-state index contributed by atoms with van der Waals surface area (Å²) >= 11 is 0. The molecule has 0 atom stereocenters. The molecule has 0 fully saturated rings. The van der Waals surface area contributed by atoms with E-state index in [-0.39, 0.29) is 0 Å². The van der Waals surface area contributed by atoms with E-state index in [2.05, 4.69) is 147 Å². The largest absolute Gasteiger partial charge is 0.456 e. The number of pyridine rings is 1. The molecule has 0 unspecified atom stereocenters. The molecule has 0 saturated carbocycles. The van der Waals surface area contributed by atoms with Gasteiger partial charge in [-0.1, -0.05) is 152 Å². The second-order valence-electron chi connectivity index (χ2n) is 12.0. The first-order chi connectivity index (χ1) is 23.7. The molecule has 0 amide bonds. The van der Waals surface area contributed by atoms with Crippen LogP contribution >= 0.6 is 0 Å². The lowest BCUT2D eigenvalue weighted by Gasteiger charge is -2.13. The highest BCUT2D eigenvalue weighted by Crippen LogP contribution is 2.41. The third kappa shape index (κ3) is 5.44. The first-order valence-electron chi connectivity index (χ1n) is 16.2. The van der Waals surface area contributed by atoms with Gasteiger partial charge in [0.1, 0.15) is 11.2 Å². The number of aromatic nitrogens is 1. The zero-order chi connectivity index (χ0) is 32.5. The molecule has 2 heteroatoms. The fourth-order valence-corrected chi connectivity index (χ4v) is 6.52. The summed E-state index contributed by atoms with van der Waals surface area (Å²) in [6.45, 7) is 6.00. The molecule has 228 valence electrons. The topological polar surface area (TPSA) is 26.0 Å². The summed E-state index contributed by atoms with van der Waals surface area (Å²) in [5.41, 5.74) is 15.0. The summed E-state index contributed by atoms with van der Waals surface area (Å²) in [6, 6.07) is 53.4. The minimum absolute atomic E-state index is 0.896. The van der Waals surface area contributed by atoms with Crippen molar-refractivity contribution in [2.45, 2.75) is 6.92 Å². The maximum atomic E-state index is 6.44. The number of furan rings is 1. The van der Waals surface area contributed by atoms with Crippen molar-refractivity contribution in [2.24, 2.45) is 0 Å². The average molecular weight is 616 g/mol. The lowest BCUT2D eigenvalue weighted by molar-refractivity contribution is 0.665. The van der Waals surface area contributed by atoms with E-state index < -0.39 is 0 Å². The zero-order valence-corrected chi connectivity index (χ0v) is 26.7. The monoisotopic (exact) mass is 615 g/mol. The summed E-state index contributed by atoms with van der Waals surface area (Å²) in [4.78, 5) is 5.14. The molecule has 8 aromatic rings. The Bertz CT molecular complexity index is 2430. The van der Waals surface area contributed by atoms with E-state index in [0.717, 1.165) is 77.8 Å². The average Bonchev–Trinajstić information content (AvgIpc) is 3.56. The molecule has 2 aromatic heterocycles. The van der Waals surface area contributed by atoms with E-state index in [1.165, 1.54) is 11.1 Å². The highest BCUT2D eigenvalue weighted by molar-refractivity contribution is 6.14. The van der Waals surface area contributed by atoms with Crippen LogP contribution in [0.3, 0.4) is 0 Å². The lowest BCUT2D eigenvalue weighted by Crippen LogP contribution is -1.92. The van der Waals surface area contributed by atoms with Crippen molar-refractivity contribution >= 4 is 28.0 Å². The van der Waals surface area contributed by atoms with Gasteiger partial charge in [-0.3, -0.25) is 0 Å². The maximum absolute atomic E-state index is 6.44. The minimum atomic E-state index is 0.896. The fourth-order valence-electron chi connectivity index (χ4n) is 6.52. The molecule has 2 nitrogen and oxygen atoms in total. The Labute approximate surface area is 281 Å². The predicted molar refractivity (Wildman–Crippen MR) is 203 cm³/mol. The first-order valence-corrected chi connectivity index (χ1v) is 16.2. The van der Waals surface area contributed by atoms with Crippen molar-refractivity contribution in [3.05, 3.63) is 182 Å². The van der Waals surface area contributed by atoms with Crippen LogP contribution < -0.4 is 0 Å². The second-order valence-corrected chi connectivity index (χ2v) is 12.0. The molecule has 2 heterocycles. The minimum Gasteiger partial charge on any atom is -0.456 e. The van der Waals surface area contributed by atoms with Crippen molar-refractivity contribution in [2.75, 3.05) is 0 Å². The van der Waals surface area contributed by atoms with E-state index in [4.69, 9.17) is 9.40 Å². The van der Waals surface area contributed by atoms with Gasteiger partial charge in [0.2, 0.25) is 0 Å². The molecule has 48 heavy (non-hydrogen) atoms. The van der Waals surface area contributed by atoms with Crippen LogP contribution in [-0.2, 0) is 0 Å². The maximum Gasteiger partial charge on any atom is 0.139 e. The van der Waals surface area contributed by atoms with Gasteiger partial charge >= 0.3 is 0 Å². The smallest absolute Gasteiger partial charge is 0.139 e. The van der Waals surface area contributed by atoms with Gasteiger partial charge in [0.15, 0.2) is 0 Å². The van der Waals surface area contributed by atoms with E-state index in [0.29, 0.717) is 0 Å². The summed E-state index contributed by atoms with van der Waals surface area (Å²) in [5, 5.41) is 2.27. The van der Waals surface area contributed by atoms with Crippen molar-refractivity contribution < 1.29 is 4.42 Å². The Morgan fingerprint density at radius 2 is 1.06 bits per heavy atom. The van der Waals surface area contributed by atoms with Gasteiger partial charge in [-0.05, 0) is 75.7 Å². The van der Waals surface area contributed by atoms with E-state index in [1.807, 2.05) is 30.3 Å². The third-order valence-corrected chi connectivity index (χ3v) is 9.06. The van der Waals surface area contributed by atoms with Crippen molar-refractivity contribution in [1.29, 1.82) is 0 Å². The molecule has 0 aliphatic heterocycles. The number of rotatable bonds is 7. The molecule has 0 radical (unpaired) electrons. The van der Waals surface area contributed by atoms with E-state index >= 15 is 0 Å². The van der Waals surface area contributed by atoms with Crippen LogP contribution in [0.2, 0.25) is 0 Å². The highest BCUT2D eigenvalue weighted by atomic mass is 16.3. The molecule has 0 saturated heterocycles. The molecular formula is C46H33NO. The van der Waals surface area contributed by atoms with Crippen LogP contribution in [0.5, 0.6) is 0 Å². The summed E-state index contributed by atoms with van der Waals surface area (Å²) in [5.74, 6) is 0. The van der Waals surface area contributed by atoms with Crippen LogP contribution in [0, 0.1) is 6.92 Å². The highest BCUT2D eigenvalue weighted by Gasteiger charge is 2.17. The molecule has 0 N–H and O–H groups in total. The van der Waals surface area contributed by atoms with Crippen molar-refractivity contribution in [3.63, 3.8) is 0 Å². The molecule has 0 bridgehead atoms. The molecule has 0 spiro atoms. The zero-order valence-electron chi connectivity index (χ0n) is 26.7. The van der Waals surface area contributed by atoms with Gasteiger partial charge < -0.3 is 4.42 Å². The van der Waals surface area contributed by atoms with Gasteiger partial charge in [-0.2, -0.15) is 0 Å². The predicted octanol–water partition coefficient (Wildman–Crippen LogP) is 12.8. The Hall–Kier alpha value is -6.25. The van der Waals surface area contributed by atoms with E-state index in [1.54, 1.807) is 6.08 Å². The van der Waals surface area contributed by atoms with Gasteiger partial charge in [-0.15, -0.1) is 0 Å². The third-order valence-electron chi connectivity index (χ3n) is 9.06.